The number of nitrogens with one attached hydrogen (secondary N) is 1. The van der Waals surface area contributed by atoms with E-state index >= 15 is 0 Å². The van der Waals surface area contributed by atoms with Crippen LogP contribution in [0.4, 0.5) is 5.69 Å². The maximum absolute atomic E-state index is 12.3. The standard InChI is InChI=1S/C20H23NO5.C14H18O4/c1-25-17-10-9-13(11-18(17)26-14-5-2-3-6-14)12-19(24)21-20-15(22)7-4-8-16(20)23;1-17-12-7-6-10(9-14(15)16)8-13(12)18-11-4-2-3-5-11/h4,7-11,14,22-23H,2-3,5-6,12H2,1H3,(H,21,24);6-8,11H,2-5,9H2,1H3,(H,15,16). The third-order valence-corrected chi connectivity index (χ3v) is 7.65. The number of aromatic hydroxyl groups is 2. The molecular weight excluding hydrogens is 566 g/mol. The molecule has 0 aliphatic heterocycles. The monoisotopic (exact) mass is 607 g/mol. The lowest BCUT2D eigenvalue weighted by Crippen LogP contribution is -2.15. The molecule has 2 saturated carbocycles. The van der Waals surface area contributed by atoms with Gasteiger partial charge in [0.15, 0.2) is 23.0 Å². The number of carbonyl (C=O) groups excluding carboxylic acids is 1. The molecule has 4 N–H and O–H groups in total. The predicted molar refractivity (Wildman–Crippen MR) is 165 cm³/mol. The van der Waals surface area contributed by atoms with E-state index in [4.69, 9.17) is 24.1 Å². The number of anilines is 1. The number of rotatable bonds is 11. The highest BCUT2D eigenvalue weighted by molar-refractivity contribution is 5.95. The Morgan fingerprint density at radius 1 is 0.705 bits per heavy atom. The van der Waals surface area contributed by atoms with Crippen LogP contribution in [0.15, 0.2) is 54.6 Å². The van der Waals surface area contributed by atoms with Gasteiger partial charge < -0.3 is 39.6 Å². The molecular formula is C34H41NO9. The highest BCUT2D eigenvalue weighted by Crippen LogP contribution is 2.35. The first kappa shape index (κ1) is 32.3. The Bertz CT molecular complexity index is 1390. The van der Waals surface area contributed by atoms with E-state index in [0.29, 0.717) is 23.0 Å². The first-order valence-corrected chi connectivity index (χ1v) is 15.0. The molecule has 0 spiro atoms. The minimum absolute atomic E-state index is 0.00498. The summed E-state index contributed by atoms with van der Waals surface area (Å²) < 4.78 is 22.5. The summed E-state index contributed by atoms with van der Waals surface area (Å²) in [4.78, 5) is 23.0. The predicted octanol–water partition coefficient (Wildman–Crippen LogP) is 6.25. The summed E-state index contributed by atoms with van der Waals surface area (Å²) in [5.41, 5.74) is 1.50. The van der Waals surface area contributed by atoms with Crippen molar-refractivity contribution < 1.29 is 43.9 Å². The average Bonchev–Trinajstić information content (AvgIpc) is 3.70. The molecule has 2 aliphatic rings. The van der Waals surface area contributed by atoms with Crippen LogP contribution >= 0.6 is 0 Å². The second kappa shape index (κ2) is 15.7. The molecule has 10 nitrogen and oxygen atoms in total. The number of carboxylic acid groups (broad SMARTS) is 1. The van der Waals surface area contributed by atoms with Gasteiger partial charge in [0.2, 0.25) is 5.91 Å². The van der Waals surface area contributed by atoms with E-state index in [0.717, 1.165) is 36.8 Å². The normalized spacial score (nSPS) is 14.8. The number of carboxylic acids is 1. The number of methoxy groups -OCH3 is 2. The lowest BCUT2D eigenvalue weighted by Gasteiger charge is -2.17. The van der Waals surface area contributed by atoms with Gasteiger partial charge in [-0.15, -0.1) is 0 Å². The van der Waals surface area contributed by atoms with E-state index in [1.54, 1.807) is 50.6 Å². The van der Waals surface area contributed by atoms with Crippen LogP contribution in [0.3, 0.4) is 0 Å². The number of hydrogen-bond donors (Lipinski definition) is 4. The van der Waals surface area contributed by atoms with Gasteiger partial charge in [0.1, 0.15) is 17.2 Å². The fraction of sp³-hybridized carbons (Fsp3) is 0.412. The molecule has 236 valence electrons. The lowest BCUT2D eigenvalue weighted by molar-refractivity contribution is -0.136. The van der Waals surface area contributed by atoms with Gasteiger partial charge in [0, 0.05) is 0 Å². The van der Waals surface area contributed by atoms with E-state index in [-0.39, 0.29) is 48.1 Å². The summed E-state index contributed by atoms with van der Waals surface area (Å²) in [6.45, 7) is 0. The Morgan fingerprint density at radius 3 is 1.59 bits per heavy atom. The molecule has 0 aromatic heterocycles. The highest BCUT2D eigenvalue weighted by atomic mass is 16.5. The van der Waals surface area contributed by atoms with Gasteiger partial charge >= 0.3 is 5.97 Å². The molecule has 0 radical (unpaired) electrons. The van der Waals surface area contributed by atoms with Gasteiger partial charge in [-0.1, -0.05) is 18.2 Å². The lowest BCUT2D eigenvalue weighted by atomic mass is 10.1. The molecule has 1 amide bonds. The van der Waals surface area contributed by atoms with Crippen LogP contribution in [-0.4, -0.2) is 53.6 Å². The largest absolute Gasteiger partial charge is 0.506 e. The Balaban J connectivity index is 0.000000215. The van der Waals surface area contributed by atoms with E-state index in [1.807, 2.05) is 0 Å². The minimum atomic E-state index is -0.841. The van der Waals surface area contributed by atoms with Gasteiger partial charge in [-0.05, 0) is 98.9 Å². The van der Waals surface area contributed by atoms with Crippen molar-refractivity contribution in [2.45, 2.75) is 76.4 Å². The van der Waals surface area contributed by atoms with E-state index < -0.39 is 5.97 Å². The number of amides is 1. The van der Waals surface area contributed by atoms with Crippen LogP contribution in [0, 0.1) is 0 Å². The quantitative estimate of drug-likeness (QED) is 0.186. The fourth-order valence-corrected chi connectivity index (χ4v) is 5.42. The molecule has 0 heterocycles. The number of carbonyl (C=O) groups is 2. The third kappa shape index (κ3) is 9.20. The van der Waals surface area contributed by atoms with E-state index in [1.165, 1.54) is 43.9 Å². The Hall–Kier alpha value is -4.60. The summed E-state index contributed by atoms with van der Waals surface area (Å²) in [7, 11) is 3.18. The fourth-order valence-electron chi connectivity index (χ4n) is 5.42. The zero-order valence-corrected chi connectivity index (χ0v) is 25.2. The first-order valence-electron chi connectivity index (χ1n) is 15.0. The van der Waals surface area contributed by atoms with Crippen molar-refractivity contribution in [3.63, 3.8) is 0 Å². The number of ether oxygens (including phenoxy) is 4. The molecule has 3 aromatic carbocycles. The summed E-state index contributed by atoms with van der Waals surface area (Å²) in [5, 5.41) is 30.9. The molecule has 0 unspecified atom stereocenters. The number of para-hydroxylation sites is 1. The van der Waals surface area contributed by atoms with Gasteiger partial charge in [0.05, 0.1) is 39.3 Å². The molecule has 0 bridgehead atoms. The summed E-state index contributed by atoms with van der Waals surface area (Å²) >= 11 is 0. The zero-order valence-electron chi connectivity index (χ0n) is 25.2. The van der Waals surface area contributed by atoms with Crippen LogP contribution in [0.25, 0.3) is 0 Å². The number of aliphatic carboxylic acids is 1. The van der Waals surface area contributed by atoms with Crippen LogP contribution in [0.5, 0.6) is 34.5 Å². The number of phenols is 2. The Kier molecular flexibility index (Phi) is 11.6. The van der Waals surface area contributed by atoms with Crippen LogP contribution in [0.1, 0.15) is 62.5 Å². The smallest absolute Gasteiger partial charge is 0.307 e. The van der Waals surface area contributed by atoms with Crippen molar-refractivity contribution in [3.05, 3.63) is 65.7 Å². The van der Waals surface area contributed by atoms with Gasteiger partial charge in [-0.25, -0.2) is 0 Å². The minimum Gasteiger partial charge on any atom is -0.506 e. The van der Waals surface area contributed by atoms with Crippen LogP contribution in [0.2, 0.25) is 0 Å². The van der Waals surface area contributed by atoms with Crippen molar-refractivity contribution in [2.24, 2.45) is 0 Å². The van der Waals surface area contributed by atoms with Crippen LogP contribution < -0.4 is 24.3 Å². The average molecular weight is 608 g/mol. The summed E-state index contributed by atoms with van der Waals surface area (Å²) in [6, 6.07) is 15.0. The Morgan fingerprint density at radius 2 is 1.16 bits per heavy atom. The van der Waals surface area contributed by atoms with Crippen LogP contribution in [-0.2, 0) is 22.4 Å². The molecule has 3 aromatic rings. The van der Waals surface area contributed by atoms with Gasteiger partial charge in [0.25, 0.3) is 0 Å². The van der Waals surface area contributed by atoms with Crippen molar-refractivity contribution >= 4 is 17.6 Å². The van der Waals surface area contributed by atoms with Crippen molar-refractivity contribution in [1.82, 2.24) is 0 Å². The van der Waals surface area contributed by atoms with E-state index in [9.17, 15) is 19.8 Å². The van der Waals surface area contributed by atoms with Crippen molar-refractivity contribution in [1.29, 1.82) is 0 Å². The first-order chi connectivity index (χ1) is 21.2. The number of hydrogen-bond acceptors (Lipinski definition) is 8. The van der Waals surface area contributed by atoms with Gasteiger partial charge in [-0.2, -0.15) is 0 Å². The van der Waals surface area contributed by atoms with Crippen molar-refractivity contribution in [2.75, 3.05) is 19.5 Å². The SMILES string of the molecule is COc1ccc(CC(=O)Nc2c(O)cccc2O)cc1OC1CCCC1.COc1ccc(CC(=O)O)cc1OC1CCCC1. The summed E-state index contributed by atoms with van der Waals surface area (Å²) in [5.74, 6) is 1.04. The number of benzene rings is 3. The molecule has 2 fully saturated rings. The van der Waals surface area contributed by atoms with Gasteiger partial charge in [-0.3, -0.25) is 9.59 Å². The second-order valence-corrected chi connectivity index (χ2v) is 11.0. The zero-order chi connectivity index (χ0) is 31.5. The second-order valence-electron chi connectivity index (χ2n) is 11.0. The molecule has 0 atom stereocenters. The summed E-state index contributed by atoms with van der Waals surface area (Å²) in [6.07, 6.45) is 9.41. The topological polar surface area (TPSA) is 144 Å². The van der Waals surface area contributed by atoms with Crippen molar-refractivity contribution in [3.8, 4) is 34.5 Å². The maximum Gasteiger partial charge on any atom is 0.307 e. The van der Waals surface area contributed by atoms with E-state index in [2.05, 4.69) is 5.32 Å². The maximum atomic E-state index is 12.3. The molecule has 0 saturated heterocycles. The Labute approximate surface area is 257 Å². The third-order valence-electron chi connectivity index (χ3n) is 7.65. The molecule has 5 rings (SSSR count). The number of phenolic OH excluding ortho intramolecular Hbond substituents is 2. The molecule has 44 heavy (non-hydrogen) atoms. The highest BCUT2D eigenvalue weighted by Gasteiger charge is 2.20. The molecule has 2 aliphatic carbocycles. The molecule has 10 heteroatoms.